The van der Waals surface area contributed by atoms with Gasteiger partial charge in [0, 0.05) is 18.1 Å². The Labute approximate surface area is 153 Å². The number of benzene rings is 2. The van der Waals surface area contributed by atoms with E-state index in [2.05, 4.69) is 36.2 Å². The van der Waals surface area contributed by atoms with Crippen LogP contribution >= 0.6 is 0 Å². The van der Waals surface area contributed by atoms with Crippen molar-refractivity contribution in [3.63, 3.8) is 0 Å². The van der Waals surface area contributed by atoms with Gasteiger partial charge in [0.05, 0.1) is 11.6 Å². The molecule has 0 N–H and O–H groups in total. The van der Waals surface area contributed by atoms with Crippen molar-refractivity contribution in [3.8, 4) is 5.75 Å². The average Bonchev–Trinajstić information content (AvgIpc) is 3.16. The highest BCUT2D eigenvalue weighted by molar-refractivity contribution is 5.85. The molecule has 0 spiro atoms. The number of ether oxygens (including phenoxy) is 1. The van der Waals surface area contributed by atoms with Crippen LogP contribution in [0.1, 0.15) is 30.0 Å². The number of carbonyl (C=O) groups excluding carboxylic acids is 1. The van der Waals surface area contributed by atoms with E-state index in [1.807, 2.05) is 35.2 Å². The molecule has 2 heterocycles. The van der Waals surface area contributed by atoms with Crippen LogP contribution in [-0.4, -0.2) is 28.9 Å². The standard InChI is InChI=1S/C22H22N2O2/c1-16-6-4-7-17(14-16)20-10-5-13-24(20)22(25)15-26-21-11-12-23-19-9-3-2-8-18(19)21/h2-4,6-9,11-12,14,20H,5,10,13,15H2,1H3. The first-order valence-corrected chi connectivity index (χ1v) is 9.05. The zero-order chi connectivity index (χ0) is 17.9. The first kappa shape index (κ1) is 16.6. The van der Waals surface area contributed by atoms with E-state index in [1.165, 1.54) is 11.1 Å². The fraction of sp³-hybridized carbons (Fsp3) is 0.273. The smallest absolute Gasteiger partial charge is 0.261 e. The third-order valence-corrected chi connectivity index (χ3v) is 4.96. The number of hydrogen-bond donors (Lipinski definition) is 0. The van der Waals surface area contributed by atoms with Gasteiger partial charge in [-0.1, -0.05) is 42.0 Å². The van der Waals surface area contributed by atoms with Crippen LogP contribution in [0.3, 0.4) is 0 Å². The number of nitrogens with zero attached hydrogens (tertiary/aromatic N) is 2. The van der Waals surface area contributed by atoms with Gasteiger partial charge in [0.1, 0.15) is 5.75 Å². The second-order valence-electron chi connectivity index (χ2n) is 6.77. The van der Waals surface area contributed by atoms with Gasteiger partial charge in [-0.15, -0.1) is 0 Å². The van der Waals surface area contributed by atoms with Crippen LogP contribution in [0.2, 0.25) is 0 Å². The van der Waals surface area contributed by atoms with Gasteiger partial charge in [-0.25, -0.2) is 0 Å². The van der Waals surface area contributed by atoms with E-state index in [9.17, 15) is 4.79 Å². The Kier molecular flexibility index (Phi) is 4.57. The van der Waals surface area contributed by atoms with Crippen molar-refractivity contribution in [2.45, 2.75) is 25.8 Å². The Balaban J connectivity index is 1.49. The Morgan fingerprint density at radius 2 is 2.08 bits per heavy atom. The molecule has 0 saturated carbocycles. The van der Waals surface area contributed by atoms with Crippen molar-refractivity contribution >= 4 is 16.8 Å². The van der Waals surface area contributed by atoms with E-state index in [1.54, 1.807) is 6.20 Å². The van der Waals surface area contributed by atoms with E-state index >= 15 is 0 Å². The van der Waals surface area contributed by atoms with Gasteiger partial charge in [-0.2, -0.15) is 0 Å². The number of hydrogen-bond acceptors (Lipinski definition) is 3. The molecule has 26 heavy (non-hydrogen) atoms. The molecule has 1 aliphatic rings. The zero-order valence-corrected chi connectivity index (χ0v) is 14.9. The van der Waals surface area contributed by atoms with Crippen LogP contribution in [0.4, 0.5) is 0 Å². The second-order valence-corrected chi connectivity index (χ2v) is 6.77. The highest BCUT2D eigenvalue weighted by atomic mass is 16.5. The Bertz CT molecular complexity index is 933. The summed E-state index contributed by atoms with van der Waals surface area (Å²) in [5.74, 6) is 0.741. The Morgan fingerprint density at radius 3 is 2.96 bits per heavy atom. The maximum absolute atomic E-state index is 12.8. The number of likely N-dealkylation sites (tertiary alicyclic amines) is 1. The molecule has 1 atom stereocenters. The minimum Gasteiger partial charge on any atom is -0.483 e. The molecule has 1 aromatic heterocycles. The second kappa shape index (κ2) is 7.16. The van der Waals surface area contributed by atoms with E-state index in [0.29, 0.717) is 5.75 Å². The predicted octanol–water partition coefficient (Wildman–Crippen LogP) is 4.29. The van der Waals surface area contributed by atoms with Gasteiger partial charge in [-0.05, 0) is 43.5 Å². The molecule has 4 heteroatoms. The highest BCUT2D eigenvalue weighted by Gasteiger charge is 2.30. The molecule has 1 unspecified atom stereocenters. The first-order valence-electron chi connectivity index (χ1n) is 9.05. The number of aryl methyl sites for hydroxylation is 1. The average molecular weight is 346 g/mol. The van der Waals surface area contributed by atoms with Gasteiger partial charge in [0.25, 0.3) is 5.91 Å². The summed E-state index contributed by atoms with van der Waals surface area (Å²) in [5.41, 5.74) is 3.31. The fourth-order valence-corrected chi connectivity index (χ4v) is 3.71. The van der Waals surface area contributed by atoms with Crippen LogP contribution in [0.5, 0.6) is 5.75 Å². The van der Waals surface area contributed by atoms with Gasteiger partial charge >= 0.3 is 0 Å². The normalized spacial score (nSPS) is 16.8. The summed E-state index contributed by atoms with van der Waals surface area (Å²) < 4.78 is 5.87. The van der Waals surface area contributed by atoms with Crippen molar-refractivity contribution < 1.29 is 9.53 Å². The van der Waals surface area contributed by atoms with Crippen molar-refractivity contribution in [1.29, 1.82) is 0 Å². The van der Waals surface area contributed by atoms with Gasteiger partial charge in [-0.3, -0.25) is 9.78 Å². The van der Waals surface area contributed by atoms with Gasteiger partial charge < -0.3 is 9.64 Å². The van der Waals surface area contributed by atoms with E-state index in [0.717, 1.165) is 30.3 Å². The number of rotatable bonds is 4. The number of amides is 1. The summed E-state index contributed by atoms with van der Waals surface area (Å²) in [6.45, 7) is 2.93. The molecule has 0 radical (unpaired) electrons. The summed E-state index contributed by atoms with van der Waals surface area (Å²) in [5, 5.41) is 0.930. The Hall–Kier alpha value is -2.88. The maximum atomic E-state index is 12.8. The molecule has 1 saturated heterocycles. The summed E-state index contributed by atoms with van der Waals surface area (Å²) in [6.07, 6.45) is 3.75. The molecule has 3 aromatic rings. The molecule has 4 rings (SSSR count). The zero-order valence-electron chi connectivity index (χ0n) is 14.9. The summed E-state index contributed by atoms with van der Waals surface area (Å²) in [4.78, 5) is 19.1. The van der Waals surface area contributed by atoms with Gasteiger partial charge in [0.15, 0.2) is 6.61 Å². The molecular formula is C22H22N2O2. The molecule has 0 bridgehead atoms. The van der Waals surface area contributed by atoms with Crippen molar-refractivity contribution in [3.05, 3.63) is 71.9 Å². The lowest BCUT2D eigenvalue weighted by Crippen LogP contribution is -2.34. The molecule has 1 fully saturated rings. The molecular weight excluding hydrogens is 324 g/mol. The molecule has 1 amide bonds. The van der Waals surface area contributed by atoms with Crippen LogP contribution in [-0.2, 0) is 4.79 Å². The van der Waals surface area contributed by atoms with Crippen LogP contribution in [0.15, 0.2) is 60.8 Å². The molecule has 1 aliphatic heterocycles. The third-order valence-electron chi connectivity index (χ3n) is 4.96. The molecule has 0 aliphatic carbocycles. The molecule has 4 nitrogen and oxygen atoms in total. The molecule has 132 valence electrons. The fourth-order valence-electron chi connectivity index (χ4n) is 3.71. The number of para-hydroxylation sites is 1. The lowest BCUT2D eigenvalue weighted by molar-refractivity contribution is -0.134. The third kappa shape index (κ3) is 3.27. The number of aromatic nitrogens is 1. The number of pyridine rings is 1. The minimum absolute atomic E-state index is 0.0369. The summed E-state index contributed by atoms with van der Waals surface area (Å²) in [7, 11) is 0. The SMILES string of the molecule is Cc1cccc(C2CCCN2C(=O)COc2ccnc3ccccc23)c1. The van der Waals surface area contributed by atoms with Crippen LogP contribution < -0.4 is 4.74 Å². The lowest BCUT2D eigenvalue weighted by atomic mass is 10.0. The van der Waals surface area contributed by atoms with Crippen LogP contribution in [0, 0.1) is 6.92 Å². The topological polar surface area (TPSA) is 42.4 Å². The van der Waals surface area contributed by atoms with E-state index in [-0.39, 0.29) is 18.6 Å². The molecule has 2 aromatic carbocycles. The summed E-state index contributed by atoms with van der Waals surface area (Å²) >= 11 is 0. The van der Waals surface area contributed by atoms with E-state index < -0.39 is 0 Å². The van der Waals surface area contributed by atoms with Crippen molar-refractivity contribution in [2.75, 3.05) is 13.2 Å². The van der Waals surface area contributed by atoms with E-state index in [4.69, 9.17) is 4.74 Å². The monoisotopic (exact) mass is 346 g/mol. The number of fused-ring (bicyclic) bond motifs is 1. The lowest BCUT2D eigenvalue weighted by Gasteiger charge is -2.25. The highest BCUT2D eigenvalue weighted by Crippen LogP contribution is 2.32. The van der Waals surface area contributed by atoms with Crippen LogP contribution in [0.25, 0.3) is 10.9 Å². The Morgan fingerprint density at radius 1 is 1.19 bits per heavy atom. The minimum atomic E-state index is 0.0369. The van der Waals surface area contributed by atoms with Crippen molar-refractivity contribution in [1.82, 2.24) is 9.88 Å². The predicted molar refractivity (Wildman–Crippen MR) is 102 cm³/mol. The quantitative estimate of drug-likeness (QED) is 0.708. The number of carbonyl (C=O) groups is 1. The largest absolute Gasteiger partial charge is 0.483 e. The summed E-state index contributed by atoms with van der Waals surface area (Å²) in [6, 6.07) is 18.2. The van der Waals surface area contributed by atoms with Gasteiger partial charge in [0.2, 0.25) is 0 Å². The van der Waals surface area contributed by atoms with Crippen molar-refractivity contribution in [2.24, 2.45) is 0 Å². The first-order chi connectivity index (χ1) is 12.7. The maximum Gasteiger partial charge on any atom is 0.261 e.